The second kappa shape index (κ2) is 7.55. The van der Waals surface area contributed by atoms with Crippen molar-refractivity contribution in [1.82, 2.24) is 25.5 Å². The van der Waals surface area contributed by atoms with Crippen molar-refractivity contribution in [2.75, 3.05) is 7.11 Å². The van der Waals surface area contributed by atoms with Gasteiger partial charge in [0.15, 0.2) is 0 Å². The van der Waals surface area contributed by atoms with E-state index < -0.39 is 0 Å². The van der Waals surface area contributed by atoms with Crippen LogP contribution >= 0.6 is 11.8 Å². The predicted molar refractivity (Wildman–Crippen MR) is 115 cm³/mol. The minimum absolute atomic E-state index is 0.0202. The fraction of sp³-hybridized carbons (Fsp3) is 0.636. The molecule has 1 aromatic carbocycles. The van der Waals surface area contributed by atoms with Crippen molar-refractivity contribution in [3.63, 3.8) is 0 Å². The van der Waals surface area contributed by atoms with E-state index in [0.717, 1.165) is 48.3 Å². The molecule has 1 heterocycles. The quantitative estimate of drug-likeness (QED) is 0.710. The molecule has 0 saturated heterocycles. The Kier molecular flexibility index (Phi) is 5.00. The summed E-state index contributed by atoms with van der Waals surface area (Å²) in [6.07, 6.45) is 7.56. The second-order valence-electron chi connectivity index (χ2n) is 9.50. The Morgan fingerprint density at radius 3 is 2.53 bits per heavy atom. The number of hydrogen-bond donors (Lipinski definition) is 1. The summed E-state index contributed by atoms with van der Waals surface area (Å²) in [6.45, 7) is 3.95. The van der Waals surface area contributed by atoms with Crippen molar-refractivity contribution in [3.05, 3.63) is 23.8 Å². The third kappa shape index (κ3) is 3.59. The number of amides is 1. The highest BCUT2D eigenvalue weighted by atomic mass is 32.2. The van der Waals surface area contributed by atoms with Gasteiger partial charge in [0.05, 0.1) is 12.4 Å². The zero-order valence-electron chi connectivity index (χ0n) is 17.8. The Morgan fingerprint density at radius 1 is 1.23 bits per heavy atom. The molecule has 0 aliphatic heterocycles. The molecule has 6 rings (SSSR count). The lowest BCUT2D eigenvalue weighted by Crippen LogP contribution is -2.60. The number of hydrogen-bond acceptors (Lipinski definition) is 6. The van der Waals surface area contributed by atoms with Crippen molar-refractivity contribution >= 4 is 17.7 Å². The Balaban J connectivity index is 1.31. The molecule has 7 nitrogen and oxygen atoms in total. The largest absolute Gasteiger partial charge is 0.494 e. The lowest BCUT2D eigenvalue weighted by Gasteiger charge is -2.57. The van der Waals surface area contributed by atoms with Crippen LogP contribution in [0.15, 0.2) is 23.4 Å². The summed E-state index contributed by atoms with van der Waals surface area (Å²) < 4.78 is 7.14. The van der Waals surface area contributed by atoms with Gasteiger partial charge in [0.25, 0.3) is 0 Å². The third-order valence-corrected chi connectivity index (χ3v) is 8.11. The molecule has 0 spiro atoms. The summed E-state index contributed by atoms with van der Waals surface area (Å²) in [5.74, 6) is 3.20. The van der Waals surface area contributed by atoms with Crippen LogP contribution in [0.4, 0.5) is 0 Å². The van der Waals surface area contributed by atoms with Crippen LogP contribution in [0, 0.1) is 24.7 Å². The molecule has 4 fully saturated rings. The molecule has 1 N–H and O–H groups in total. The molecule has 1 amide bonds. The molecular weight excluding hydrogens is 398 g/mol. The highest BCUT2D eigenvalue weighted by Crippen LogP contribution is 2.55. The lowest BCUT2D eigenvalue weighted by atomic mass is 9.53. The maximum absolute atomic E-state index is 13.1. The normalized spacial score (nSPS) is 30.3. The number of methoxy groups -OCH3 is 1. The predicted octanol–water partition coefficient (Wildman–Crippen LogP) is 3.54. The third-order valence-electron chi connectivity index (χ3n) is 7.08. The molecule has 160 valence electrons. The van der Waals surface area contributed by atoms with Crippen LogP contribution in [0.2, 0.25) is 0 Å². The Morgan fingerprint density at radius 2 is 1.90 bits per heavy atom. The average molecular weight is 428 g/mol. The molecule has 0 radical (unpaired) electrons. The lowest BCUT2D eigenvalue weighted by molar-refractivity contribution is -0.126. The number of aryl methyl sites for hydroxylation is 1. The van der Waals surface area contributed by atoms with Crippen LogP contribution in [0.25, 0.3) is 5.69 Å². The van der Waals surface area contributed by atoms with Crippen LogP contribution in [-0.2, 0) is 4.79 Å². The van der Waals surface area contributed by atoms with Gasteiger partial charge < -0.3 is 10.1 Å². The van der Waals surface area contributed by atoms with Crippen molar-refractivity contribution in [1.29, 1.82) is 0 Å². The number of tetrazole rings is 1. The summed E-state index contributed by atoms with van der Waals surface area (Å²) in [5, 5.41) is 16.0. The smallest absolute Gasteiger partial charge is 0.233 e. The molecule has 1 atom stereocenters. The first-order valence-electron chi connectivity index (χ1n) is 10.9. The topological polar surface area (TPSA) is 81.9 Å². The number of rotatable bonds is 6. The molecule has 8 heteroatoms. The van der Waals surface area contributed by atoms with Crippen molar-refractivity contribution < 1.29 is 9.53 Å². The number of ether oxygens (including phenoxy) is 1. The van der Waals surface area contributed by atoms with E-state index in [1.807, 2.05) is 32.0 Å². The molecule has 30 heavy (non-hydrogen) atoms. The first kappa shape index (κ1) is 19.8. The van der Waals surface area contributed by atoms with Gasteiger partial charge in [-0.15, -0.1) is 5.10 Å². The monoisotopic (exact) mass is 427 g/mol. The zero-order valence-corrected chi connectivity index (χ0v) is 18.6. The van der Waals surface area contributed by atoms with Gasteiger partial charge in [0.2, 0.25) is 11.1 Å². The second-order valence-corrected chi connectivity index (χ2v) is 10.8. The maximum atomic E-state index is 13.1. The van der Waals surface area contributed by atoms with E-state index >= 15 is 0 Å². The summed E-state index contributed by atoms with van der Waals surface area (Å²) in [4.78, 5) is 13.1. The molecule has 2 aromatic rings. The van der Waals surface area contributed by atoms with Crippen LogP contribution in [0.3, 0.4) is 0 Å². The van der Waals surface area contributed by atoms with Crippen LogP contribution in [0.1, 0.15) is 51.0 Å². The van der Waals surface area contributed by atoms with Crippen molar-refractivity contribution in [2.24, 2.45) is 17.8 Å². The number of nitrogens with zero attached hydrogens (tertiary/aromatic N) is 4. The molecule has 1 aromatic heterocycles. The SMILES string of the molecule is COc1ccc(C)cc1-n1nnnc1SC(C)C(=O)NC12CC3CC(CC(C3)C1)C2. The summed E-state index contributed by atoms with van der Waals surface area (Å²) >= 11 is 1.39. The van der Waals surface area contributed by atoms with E-state index in [1.165, 1.54) is 31.0 Å². The van der Waals surface area contributed by atoms with Crippen LogP contribution < -0.4 is 10.1 Å². The van der Waals surface area contributed by atoms with Gasteiger partial charge >= 0.3 is 0 Å². The van der Waals surface area contributed by atoms with Crippen molar-refractivity contribution in [3.8, 4) is 11.4 Å². The molecular formula is C22H29N5O2S. The van der Waals surface area contributed by atoms with Crippen LogP contribution in [0.5, 0.6) is 5.75 Å². The summed E-state index contributed by atoms with van der Waals surface area (Å²) in [5.41, 5.74) is 1.88. The standard InChI is InChI=1S/C22H29N5O2S/c1-13-4-5-19(29-3)18(6-13)27-21(24-25-26-27)30-14(2)20(28)23-22-10-15-7-16(11-22)9-17(8-15)12-22/h4-6,14-17H,7-12H2,1-3H3,(H,23,28). The zero-order chi connectivity index (χ0) is 20.9. The summed E-state index contributed by atoms with van der Waals surface area (Å²) in [6, 6.07) is 5.88. The first-order chi connectivity index (χ1) is 14.4. The fourth-order valence-corrected chi connectivity index (χ4v) is 7.01. The number of carbonyl (C=O) groups is 1. The minimum atomic E-state index is -0.279. The van der Waals surface area contributed by atoms with E-state index in [4.69, 9.17) is 4.74 Å². The van der Waals surface area contributed by atoms with Gasteiger partial charge in [-0.1, -0.05) is 17.8 Å². The van der Waals surface area contributed by atoms with Crippen LogP contribution in [-0.4, -0.2) is 44.0 Å². The van der Waals surface area contributed by atoms with E-state index in [2.05, 4.69) is 20.8 Å². The van der Waals surface area contributed by atoms with Crippen molar-refractivity contribution in [2.45, 2.75) is 68.3 Å². The minimum Gasteiger partial charge on any atom is -0.494 e. The number of aromatic nitrogens is 4. The van der Waals surface area contributed by atoms with Gasteiger partial charge in [-0.05, 0) is 98.2 Å². The summed E-state index contributed by atoms with van der Waals surface area (Å²) in [7, 11) is 1.63. The number of nitrogens with one attached hydrogen (secondary N) is 1. The number of thioether (sulfide) groups is 1. The first-order valence-corrected chi connectivity index (χ1v) is 11.7. The van der Waals surface area contributed by atoms with Gasteiger partial charge in [0, 0.05) is 5.54 Å². The van der Waals surface area contributed by atoms with Gasteiger partial charge in [-0.3, -0.25) is 4.79 Å². The van der Waals surface area contributed by atoms with Gasteiger partial charge in [-0.25, -0.2) is 0 Å². The molecule has 4 bridgehead atoms. The highest BCUT2D eigenvalue weighted by molar-refractivity contribution is 8.00. The van der Waals surface area contributed by atoms with Gasteiger partial charge in [0.1, 0.15) is 11.4 Å². The Labute approximate surface area is 181 Å². The molecule has 4 saturated carbocycles. The van der Waals surface area contributed by atoms with E-state index in [9.17, 15) is 4.79 Å². The number of carbonyl (C=O) groups excluding carboxylic acids is 1. The van der Waals surface area contributed by atoms with Gasteiger partial charge in [-0.2, -0.15) is 4.68 Å². The fourth-order valence-electron chi connectivity index (χ4n) is 6.21. The highest BCUT2D eigenvalue weighted by Gasteiger charge is 2.51. The van der Waals surface area contributed by atoms with E-state index in [1.54, 1.807) is 11.8 Å². The number of benzene rings is 1. The molecule has 4 aliphatic carbocycles. The van der Waals surface area contributed by atoms with E-state index in [0.29, 0.717) is 10.9 Å². The average Bonchev–Trinajstić information content (AvgIpc) is 3.14. The molecule has 1 unspecified atom stereocenters. The maximum Gasteiger partial charge on any atom is 0.233 e. The molecule has 4 aliphatic rings. The van der Waals surface area contributed by atoms with E-state index in [-0.39, 0.29) is 16.7 Å². The Hall–Kier alpha value is -2.09. The Bertz CT molecular complexity index is 923.